The summed E-state index contributed by atoms with van der Waals surface area (Å²) >= 11 is 0. The van der Waals surface area contributed by atoms with E-state index in [1.807, 2.05) is 12.1 Å². The van der Waals surface area contributed by atoms with Crippen LogP contribution in [0.25, 0.3) is 11.5 Å². The molecule has 27 heavy (non-hydrogen) atoms. The van der Waals surface area contributed by atoms with Crippen LogP contribution in [0.2, 0.25) is 0 Å². The molecular weight excluding hydrogens is 369 g/mol. The number of anilines is 1. The standard InChI is InChI=1S/C19H26FN5O.ClH/c1-2-24-9-11-25(12-10-24)16-6-5-14(13-15(16)20)17-22-18(23-26-17)19(21)7-3-4-8-19;/h5-6,13H,2-4,7-12,21H2,1H3;1H. The van der Waals surface area contributed by atoms with Crippen LogP contribution in [0.5, 0.6) is 0 Å². The summed E-state index contributed by atoms with van der Waals surface area (Å²) in [5.41, 5.74) is 7.11. The van der Waals surface area contributed by atoms with Crippen molar-refractivity contribution < 1.29 is 8.91 Å². The number of piperazine rings is 1. The zero-order valence-corrected chi connectivity index (χ0v) is 16.5. The van der Waals surface area contributed by atoms with E-state index in [-0.39, 0.29) is 18.2 Å². The summed E-state index contributed by atoms with van der Waals surface area (Å²) < 4.78 is 20.1. The monoisotopic (exact) mass is 395 g/mol. The van der Waals surface area contributed by atoms with Gasteiger partial charge in [-0.1, -0.05) is 24.9 Å². The predicted molar refractivity (Wildman–Crippen MR) is 106 cm³/mol. The number of hydrogen-bond donors (Lipinski definition) is 1. The van der Waals surface area contributed by atoms with Gasteiger partial charge in [0.25, 0.3) is 5.89 Å². The molecule has 2 N–H and O–H groups in total. The van der Waals surface area contributed by atoms with Gasteiger partial charge in [-0.3, -0.25) is 0 Å². The molecule has 1 saturated carbocycles. The summed E-state index contributed by atoms with van der Waals surface area (Å²) in [6.45, 7) is 6.79. The lowest BCUT2D eigenvalue weighted by molar-refractivity contribution is 0.270. The van der Waals surface area contributed by atoms with E-state index in [4.69, 9.17) is 10.3 Å². The van der Waals surface area contributed by atoms with Gasteiger partial charge < -0.3 is 20.1 Å². The van der Waals surface area contributed by atoms with Gasteiger partial charge >= 0.3 is 0 Å². The number of nitrogens with two attached hydrogens (primary N) is 1. The van der Waals surface area contributed by atoms with Crippen molar-refractivity contribution in [2.45, 2.75) is 38.1 Å². The van der Waals surface area contributed by atoms with E-state index < -0.39 is 5.54 Å². The van der Waals surface area contributed by atoms with Crippen molar-refractivity contribution >= 4 is 18.1 Å². The molecule has 0 bridgehead atoms. The molecular formula is C19H27ClFN5O. The van der Waals surface area contributed by atoms with E-state index in [2.05, 4.69) is 26.9 Å². The summed E-state index contributed by atoms with van der Waals surface area (Å²) in [6, 6.07) is 5.14. The Kier molecular flexibility index (Phi) is 6.03. The SMILES string of the molecule is CCN1CCN(c2ccc(-c3nc(C4(N)CCCC4)no3)cc2F)CC1.Cl. The van der Waals surface area contributed by atoms with E-state index in [9.17, 15) is 4.39 Å². The number of rotatable bonds is 4. The Morgan fingerprint density at radius 3 is 2.52 bits per heavy atom. The number of halogens is 2. The van der Waals surface area contributed by atoms with Crippen LogP contribution in [-0.4, -0.2) is 47.8 Å². The van der Waals surface area contributed by atoms with Gasteiger partial charge in [0.15, 0.2) is 5.82 Å². The lowest BCUT2D eigenvalue weighted by atomic mass is 9.99. The molecule has 0 atom stereocenters. The first kappa shape index (κ1) is 20.0. The number of nitrogens with zero attached hydrogens (tertiary/aromatic N) is 4. The fraction of sp³-hybridized carbons (Fsp3) is 0.579. The molecule has 2 fully saturated rings. The van der Waals surface area contributed by atoms with Crippen LogP contribution < -0.4 is 10.6 Å². The second kappa shape index (κ2) is 8.12. The number of hydrogen-bond acceptors (Lipinski definition) is 6. The first-order valence-corrected chi connectivity index (χ1v) is 9.49. The number of aromatic nitrogens is 2. The van der Waals surface area contributed by atoms with Crippen molar-refractivity contribution in [3.8, 4) is 11.5 Å². The van der Waals surface area contributed by atoms with E-state index in [1.165, 1.54) is 6.07 Å². The van der Waals surface area contributed by atoms with Gasteiger partial charge in [-0.05, 0) is 37.6 Å². The van der Waals surface area contributed by atoms with Gasteiger partial charge in [0, 0.05) is 31.7 Å². The van der Waals surface area contributed by atoms with Crippen LogP contribution in [-0.2, 0) is 5.54 Å². The van der Waals surface area contributed by atoms with Crippen molar-refractivity contribution in [1.29, 1.82) is 0 Å². The van der Waals surface area contributed by atoms with Gasteiger partial charge in [-0.15, -0.1) is 12.4 Å². The van der Waals surface area contributed by atoms with E-state index in [0.29, 0.717) is 23.0 Å². The fourth-order valence-corrected chi connectivity index (χ4v) is 3.97. The van der Waals surface area contributed by atoms with Gasteiger partial charge in [0.05, 0.1) is 11.2 Å². The molecule has 0 spiro atoms. The molecule has 2 aromatic rings. The molecule has 2 heterocycles. The van der Waals surface area contributed by atoms with Gasteiger partial charge in [0.2, 0.25) is 0 Å². The number of benzene rings is 1. The van der Waals surface area contributed by atoms with E-state index in [0.717, 1.165) is 58.4 Å². The van der Waals surface area contributed by atoms with Crippen LogP contribution in [0.3, 0.4) is 0 Å². The van der Waals surface area contributed by atoms with Crippen LogP contribution >= 0.6 is 12.4 Å². The molecule has 6 nitrogen and oxygen atoms in total. The third-order valence-corrected chi connectivity index (χ3v) is 5.72. The van der Waals surface area contributed by atoms with E-state index in [1.54, 1.807) is 0 Å². The first-order valence-electron chi connectivity index (χ1n) is 9.49. The molecule has 1 aromatic carbocycles. The van der Waals surface area contributed by atoms with E-state index >= 15 is 0 Å². The van der Waals surface area contributed by atoms with Crippen molar-refractivity contribution in [2.75, 3.05) is 37.6 Å². The zero-order chi connectivity index (χ0) is 18.1. The molecule has 0 unspecified atom stereocenters. The average Bonchev–Trinajstić information content (AvgIpc) is 3.32. The van der Waals surface area contributed by atoms with Crippen LogP contribution in [0.1, 0.15) is 38.4 Å². The molecule has 0 amide bonds. The quantitative estimate of drug-likeness (QED) is 0.857. The summed E-state index contributed by atoms with van der Waals surface area (Å²) in [6.07, 6.45) is 3.88. The Balaban J connectivity index is 0.00000210. The summed E-state index contributed by atoms with van der Waals surface area (Å²) in [5.74, 6) is 0.610. The maximum absolute atomic E-state index is 14.7. The third kappa shape index (κ3) is 3.95. The lowest BCUT2D eigenvalue weighted by Gasteiger charge is -2.35. The third-order valence-electron chi connectivity index (χ3n) is 5.72. The van der Waals surface area contributed by atoms with Crippen LogP contribution in [0.4, 0.5) is 10.1 Å². The highest BCUT2D eigenvalue weighted by atomic mass is 35.5. The highest BCUT2D eigenvalue weighted by Gasteiger charge is 2.36. The Hall–Kier alpha value is -1.70. The molecule has 4 rings (SSSR count). The maximum Gasteiger partial charge on any atom is 0.258 e. The zero-order valence-electron chi connectivity index (χ0n) is 15.7. The number of likely N-dealkylation sites (N-methyl/N-ethyl adjacent to an activating group) is 1. The Bertz CT molecular complexity index is 769. The van der Waals surface area contributed by atoms with Gasteiger partial charge in [-0.25, -0.2) is 4.39 Å². The first-order chi connectivity index (χ1) is 12.6. The molecule has 8 heteroatoms. The Labute approximate surface area is 165 Å². The molecule has 1 saturated heterocycles. The molecule has 0 radical (unpaired) electrons. The smallest absolute Gasteiger partial charge is 0.258 e. The molecule has 148 valence electrons. The van der Waals surface area contributed by atoms with Crippen molar-refractivity contribution in [3.05, 3.63) is 29.8 Å². The predicted octanol–water partition coefficient (Wildman–Crippen LogP) is 3.17. The second-order valence-electron chi connectivity index (χ2n) is 7.37. The minimum Gasteiger partial charge on any atom is -0.367 e. The van der Waals surface area contributed by atoms with Crippen LogP contribution in [0.15, 0.2) is 22.7 Å². The van der Waals surface area contributed by atoms with Gasteiger partial charge in [-0.2, -0.15) is 4.98 Å². The summed E-state index contributed by atoms with van der Waals surface area (Å²) in [4.78, 5) is 8.91. The molecule has 1 aliphatic heterocycles. The van der Waals surface area contributed by atoms with Crippen molar-refractivity contribution in [3.63, 3.8) is 0 Å². The Morgan fingerprint density at radius 2 is 1.89 bits per heavy atom. The minimum atomic E-state index is -0.501. The van der Waals surface area contributed by atoms with Crippen LogP contribution in [0, 0.1) is 5.82 Å². The van der Waals surface area contributed by atoms with Crippen molar-refractivity contribution in [1.82, 2.24) is 15.0 Å². The highest BCUT2D eigenvalue weighted by molar-refractivity contribution is 5.85. The average molecular weight is 396 g/mol. The van der Waals surface area contributed by atoms with Gasteiger partial charge in [0.1, 0.15) is 5.82 Å². The molecule has 1 aromatic heterocycles. The molecule has 1 aliphatic carbocycles. The van der Waals surface area contributed by atoms with Crippen molar-refractivity contribution in [2.24, 2.45) is 5.73 Å². The Morgan fingerprint density at radius 1 is 1.19 bits per heavy atom. The largest absolute Gasteiger partial charge is 0.367 e. The highest BCUT2D eigenvalue weighted by Crippen LogP contribution is 2.35. The normalized spacial score (nSPS) is 19.9. The lowest BCUT2D eigenvalue weighted by Crippen LogP contribution is -2.46. The topological polar surface area (TPSA) is 71.4 Å². The fourth-order valence-electron chi connectivity index (χ4n) is 3.97. The minimum absolute atomic E-state index is 0. The summed E-state index contributed by atoms with van der Waals surface area (Å²) in [7, 11) is 0. The maximum atomic E-state index is 14.7. The molecule has 2 aliphatic rings. The second-order valence-corrected chi connectivity index (χ2v) is 7.37. The summed E-state index contributed by atoms with van der Waals surface area (Å²) in [5, 5.41) is 4.06.